The van der Waals surface area contributed by atoms with Crippen LogP contribution >= 0.6 is 0 Å². The minimum Gasteiger partial charge on any atom is -0.369 e. The molecule has 0 aliphatic heterocycles. The van der Waals surface area contributed by atoms with Crippen LogP contribution in [0.3, 0.4) is 0 Å². The first-order valence-electron chi connectivity index (χ1n) is 1.87. The van der Waals surface area contributed by atoms with Crippen LogP contribution in [-0.2, 0) is 4.79 Å². The van der Waals surface area contributed by atoms with Crippen molar-refractivity contribution < 1.29 is 4.79 Å². The lowest BCUT2D eigenvalue weighted by Gasteiger charge is -1.87. The lowest BCUT2D eigenvalue weighted by atomic mass is 10.2. The number of carbonyl (C=O) groups excluding carboxylic acids is 1. The molecule has 0 aromatic heterocycles. The Morgan fingerprint density at radius 1 is 2.00 bits per heavy atom. The maximum atomic E-state index is 9.93. The van der Waals surface area contributed by atoms with Crippen LogP contribution in [0.1, 0.15) is 6.92 Å². The van der Waals surface area contributed by atoms with E-state index in [1.54, 1.807) is 6.07 Å². The van der Waals surface area contributed by atoms with E-state index in [1.807, 2.05) is 0 Å². The van der Waals surface area contributed by atoms with Crippen molar-refractivity contribution in [1.82, 2.24) is 0 Å². The van der Waals surface area contributed by atoms with E-state index in [0.717, 1.165) is 0 Å². The van der Waals surface area contributed by atoms with E-state index in [1.165, 1.54) is 6.92 Å². The highest BCUT2D eigenvalue weighted by molar-refractivity contribution is 5.78. The van der Waals surface area contributed by atoms with Gasteiger partial charge in [0.15, 0.2) is 0 Å². The standard InChI is InChI=1S/C4H6N2O/c1-3(2-5)4(6)7/h3H,1H3,(H2,6,7)/t3-/m0/s1. The van der Waals surface area contributed by atoms with Crippen LogP contribution in [0.25, 0.3) is 0 Å². The van der Waals surface area contributed by atoms with E-state index in [-0.39, 0.29) is 0 Å². The fourth-order valence-corrected chi connectivity index (χ4v) is 0.0636. The highest BCUT2D eigenvalue weighted by Gasteiger charge is 2.03. The lowest BCUT2D eigenvalue weighted by molar-refractivity contribution is -0.119. The Kier molecular flexibility index (Phi) is 1.86. The van der Waals surface area contributed by atoms with Crippen LogP contribution in [0.5, 0.6) is 0 Å². The van der Waals surface area contributed by atoms with E-state index >= 15 is 0 Å². The average molecular weight is 98.1 g/mol. The predicted molar refractivity (Wildman–Crippen MR) is 24.0 cm³/mol. The molecular formula is C4H6N2O. The summed E-state index contributed by atoms with van der Waals surface area (Å²) in [6, 6.07) is 1.69. The average Bonchev–Trinajstić information content (AvgIpc) is 1.65. The van der Waals surface area contributed by atoms with Gasteiger partial charge in [0.25, 0.3) is 0 Å². The van der Waals surface area contributed by atoms with Crippen LogP contribution < -0.4 is 5.73 Å². The van der Waals surface area contributed by atoms with Gasteiger partial charge in [-0.2, -0.15) is 5.26 Å². The minimum absolute atomic E-state index is 0.567. The molecule has 0 spiro atoms. The molecule has 0 aromatic carbocycles. The summed E-state index contributed by atoms with van der Waals surface area (Å²) in [5, 5.41) is 7.95. The number of nitrogens with two attached hydrogens (primary N) is 1. The number of rotatable bonds is 1. The Bertz CT molecular complexity index is 113. The van der Waals surface area contributed by atoms with Gasteiger partial charge < -0.3 is 5.73 Å². The van der Waals surface area contributed by atoms with E-state index in [4.69, 9.17) is 5.26 Å². The topological polar surface area (TPSA) is 66.9 Å². The van der Waals surface area contributed by atoms with Crippen LogP contribution in [-0.4, -0.2) is 5.91 Å². The van der Waals surface area contributed by atoms with Crippen molar-refractivity contribution in [3.63, 3.8) is 0 Å². The summed E-state index contributed by atoms with van der Waals surface area (Å²) in [5.41, 5.74) is 4.69. The summed E-state index contributed by atoms with van der Waals surface area (Å²) in [4.78, 5) is 9.93. The van der Waals surface area contributed by atoms with Crippen molar-refractivity contribution in [3.05, 3.63) is 0 Å². The molecule has 0 radical (unpaired) electrons. The molecule has 0 heterocycles. The molecule has 0 aromatic rings. The molecule has 0 rings (SSSR count). The summed E-state index contributed by atoms with van der Waals surface area (Å²) in [7, 11) is 0. The monoisotopic (exact) mass is 98.0 g/mol. The first-order chi connectivity index (χ1) is 3.18. The summed E-state index contributed by atoms with van der Waals surface area (Å²) in [5.74, 6) is -1.22. The predicted octanol–water partition coefficient (Wildman–Crippen LogP) is -0.369. The van der Waals surface area contributed by atoms with Gasteiger partial charge in [-0.1, -0.05) is 0 Å². The Balaban J connectivity index is 3.63. The van der Waals surface area contributed by atoms with E-state index < -0.39 is 11.8 Å². The number of nitrogens with zero attached hydrogens (tertiary/aromatic N) is 1. The smallest absolute Gasteiger partial charge is 0.234 e. The molecule has 0 unspecified atom stereocenters. The molecule has 0 fully saturated rings. The van der Waals surface area contributed by atoms with Gasteiger partial charge in [-0.15, -0.1) is 0 Å². The van der Waals surface area contributed by atoms with E-state index in [0.29, 0.717) is 0 Å². The van der Waals surface area contributed by atoms with E-state index in [9.17, 15) is 4.79 Å². The second kappa shape index (κ2) is 2.19. The second-order valence-electron chi connectivity index (χ2n) is 1.25. The zero-order valence-corrected chi connectivity index (χ0v) is 4.01. The molecule has 1 atom stereocenters. The fraction of sp³-hybridized carbons (Fsp3) is 0.500. The van der Waals surface area contributed by atoms with Gasteiger partial charge in [0.2, 0.25) is 5.91 Å². The van der Waals surface area contributed by atoms with Gasteiger partial charge in [-0.3, -0.25) is 4.79 Å². The zero-order valence-electron chi connectivity index (χ0n) is 4.01. The summed E-state index contributed by atoms with van der Waals surface area (Å²) < 4.78 is 0. The molecule has 7 heavy (non-hydrogen) atoms. The fourth-order valence-electron chi connectivity index (χ4n) is 0.0636. The van der Waals surface area contributed by atoms with Crippen LogP contribution in [0.2, 0.25) is 0 Å². The molecular weight excluding hydrogens is 92.1 g/mol. The van der Waals surface area contributed by atoms with Gasteiger partial charge in [0.05, 0.1) is 6.07 Å². The zero-order chi connectivity index (χ0) is 5.86. The Labute approximate surface area is 41.7 Å². The van der Waals surface area contributed by atoms with Crippen LogP contribution in [0.15, 0.2) is 0 Å². The molecule has 0 saturated carbocycles. The van der Waals surface area contributed by atoms with Crippen molar-refractivity contribution in [2.75, 3.05) is 0 Å². The summed E-state index contributed by atoms with van der Waals surface area (Å²) >= 11 is 0. The first kappa shape index (κ1) is 5.96. The molecule has 1 amide bonds. The number of carbonyl (C=O) groups is 1. The molecule has 38 valence electrons. The van der Waals surface area contributed by atoms with Crippen molar-refractivity contribution in [3.8, 4) is 6.07 Å². The number of hydrogen-bond acceptors (Lipinski definition) is 2. The summed E-state index contributed by atoms with van der Waals surface area (Å²) in [6.45, 7) is 1.46. The first-order valence-corrected chi connectivity index (χ1v) is 1.87. The third kappa shape index (κ3) is 1.77. The number of nitriles is 1. The third-order valence-corrected chi connectivity index (χ3v) is 0.620. The highest BCUT2D eigenvalue weighted by atomic mass is 16.1. The second-order valence-corrected chi connectivity index (χ2v) is 1.25. The van der Waals surface area contributed by atoms with Crippen LogP contribution in [0, 0.1) is 17.2 Å². The van der Waals surface area contributed by atoms with Gasteiger partial charge in [0.1, 0.15) is 5.92 Å². The molecule has 0 aliphatic rings. The molecule has 3 heteroatoms. The Morgan fingerprint density at radius 3 is 2.43 bits per heavy atom. The Morgan fingerprint density at radius 2 is 2.43 bits per heavy atom. The molecule has 2 N–H and O–H groups in total. The van der Waals surface area contributed by atoms with Gasteiger partial charge in [-0.25, -0.2) is 0 Å². The van der Waals surface area contributed by atoms with Gasteiger partial charge >= 0.3 is 0 Å². The highest BCUT2D eigenvalue weighted by Crippen LogP contribution is 1.85. The Hall–Kier alpha value is -1.04. The van der Waals surface area contributed by atoms with Crippen molar-refractivity contribution in [1.29, 1.82) is 5.26 Å². The molecule has 3 nitrogen and oxygen atoms in total. The summed E-state index contributed by atoms with van der Waals surface area (Å²) in [6.07, 6.45) is 0. The number of hydrogen-bond donors (Lipinski definition) is 1. The number of primary amides is 1. The lowest BCUT2D eigenvalue weighted by Crippen LogP contribution is -2.18. The van der Waals surface area contributed by atoms with Gasteiger partial charge in [-0.05, 0) is 6.92 Å². The molecule has 0 saturated heterocycles. The quantitative estimate of drug-likeness (QED) is 0.486. The largest absolute Gasteiger partial charge is 0.369 e. The van der Waals surface area contributed by atoms with E-state index in [2.05, 4.69) is 5.73 Å². The van der Waals surface area contributed by atoms with Crippen molar-refractivity contribution >= 4 is 5.91 Å². The van der Waals surface area contributed by atoms with Crippen molar-refractivity contribution in [2.24, 2.45) is 11.7 Å². The maximum Gasteiger partial charge on any atom is 0.234 e. The maximum absolute atomic E-state index is 9.93. The minimum atomic E-state index is -0.653. The molecule has 0 bridgehead atoms. The normalized spacial score (nSPS) is 12.0. The van der Waals surface area contributed by atoms with Gasteiger partial charge in [0, 0.05) is 0 Å². The number of amides is 1. The third-order valence-electron chi connectivity index (χ3n) is 0.620. The van der Waals surface area contributed by atoms with Crippen molar-refractivity contribution in [2.45, 2.75) is 6.92 Å². The SMILES string of the molecule is C[C@@H](C#N)C(N)=O. The molecule has 0 aliphatic carbocycles. The van der Waals surface area contributed by atoms with Crippen LogP contribution in [0.4, 0.5) is 0 Å².